The number of imidazole rings is 1. The van der Waals surface area contributed by atoms with Gasteiger partial charge in [0.05, 0.1) is 12.1 Å². The van der Waals surface area contributed by atoms with Crippen molar-refractivity contribution < 1.29 is 4.79 Å². The molecule has 1 amide bonds. The molecule has 3 heterocycles. The number of benzene rings is 1. The van der Waals surface area contributed by atoms with E-state index in [9.17, 15) is 4.79 Å². The van der Waals surface area contributed by atoms with Crippen LogP contribution in [0.25, 0.3) is 0 Å². The molecular formula is C19H21N5O. The summed E-state index contributed by atoms with van der Waals surface area (Å²) in [6, 6.07) is 10.9. The number of aryl methyl sites for hydroxylation is 1. The van der Waals surface area contributed by atoms with Crippen molar-refractivity contribution in [2.45, 2.75) is 44.8 Å². The van der Waals surface area contributed by atoms with Gasteiger partial charge in [0.2, 0.25) is 5.96 Å². The van der Waals surface area contributed by atoms with Crippen LogP contribution in [0.4, 0.5) is 5.82 Å². The summed E-state index contributed by atoms with van der Waals surface area (Å²) in [5, 5.41) is 0. The van der Waals surface area contributed by atoms with Crippen LogP contribution >= 0.6 is 0 Å². The molecule has 0 radical (unpaired) electrons. The zero-order chi connectivity index (χ0) is 17.1. The number of carbonyl (C=O) groups is 1. The molecule has 0 bridgehead atoms. The van der Waals surface area contributed by atoms with Crippen LogP contribution in [-0.2, 0) is 6.54 Å². The van der Waals surface area contributed by atoms with Gasteiger partial charge in [-0.2, -0.15) is 0 Å². The average Bonchev–Trinajstić information content (AvgIpc) is 3.27. The second-order valence-electron chi connectivity index (χ2n) is 7.13. The molecule has 1 fully saturated rings. The van der Waals surface area contributed by atoms with E-state index in [-0.39, 0.29) is 5.91 Å². The van der Waals surface area contributed by atoms with Crippen molar-refractivity contribution >= 4 is 17.7 Å². The number of aromatic nitrogens is 2. The average molecular weight is 335 g/mol. The Morgan fingerprint density at radius 3 is 2.80 bits per heavy atom. The smallest absolute Gasteiger partial charge is 0.280 e. The van der Waals surface area contributed by atoms with Crippen LogP contribution < -0.4 is 4.90 Å². The van der Waals surface area contributed by atoms with Gasteiger partial charge in [-0.1, -0.05) is 30.3 Å². The third kappa shape index (κ3) is 2.00. The van der Waals surface area contributed by atoms with Crippen molar-refractivity contribution in [1.82, 2.24) is 14.5 Å². The maximum atomic E-state index is 13.1. The fourth-order valence-electron chi connectivity index (χ4n) is 4.37. The molecule has 2 aliphatic heterocycles. The summed E-state index contributed by atoms with van der Waals surface area (Å²) >= 11 is 0. The first kappa shape index (κ1) is 14.7. The first-order valence-corrected chi connectivity index (χ1v) is 8.91. The number of guanidine groups is 1. The molecule has 6 heteroatoms. The van der Waals surface area contributed by atoms with Gasteiger partial charge < -0.3 is 4.57 Å². The minimum absolute atomic E-state index is 0.0125. The van der Waals surface area contributed by atoms with Gasteiger partial charge in [0, 0.05) is 13.6 Å². The summed E-state index contributed by atoms with van der Waals surface area (Å²) in [7, 11) is 1.83. The van der Waals surface area contributed by atoms with Crippen LogP contribution in [0, 0.1) is 6.92 Å². The maximum Gasteiger partial charge on any atom is 0.280 e. The number of hydrogen-bond acceptors (Lipinski definition) is 4. The fraction of sp³-hybridized carbons (Fsp3) is 0.421. The lowest BCUT2D eigenvalue weighted by atomic mass is 10.1. The summed E-state index contributed by atoms with van der Waals surface area (Å²) in [6.07, 6.45) is 3.41. The molecule has 1 saturated carbocycles. The van der Waals surface area contributed by atoms with Gasteiger partial charge in [0.25, 0.3) is 5.91 Å². The van der Waals surface area contributed by atoms with Crippen LogP contribution in [0.2, 0.25) is 0 Å². The lowest BCUT2D eigenvalue weighted by molar-refractivity contribution is 0.0854. The SMILES string of the molecule is Cc1nc2c(n1Cc1ccccc1)C(=O)N(C)C1=N[C@H]3CCC[C@H]3N12. The van der Waals surface area contributed by atoms with Gasteiger partial charge in [-0.15, -0.1) is 0 Å². The summed E-state index contributed by atoms with van der Waals surface area (Å²) in [6.45, 7) is 2.64. The van der Waals surface area contributed by atoms with E-state index in [1.807, 2.05) is 36.7 Å². The second-order valence-corrected chi connectivity index (χ2v) is 7.13. The molecule has 128 valence electrons. The number of fused-ring (bicyclic) bond motifs is 5. The van der Waals surface area contributed by atoms with Gasteiger partial charge >= 0.3 is 0 Å². The highest BCUT2D eigenvalue weighted by molar-refractivity contribution is 6.18. The Morgan fingerprint density at radius 1 is 1.20 bits per heavy atom. The molecule has 1 aromatic heterocycles. The van der Waals surface area contributed by atoms with E-state index in [1.54, 1.807) is 4.90 Å². The van der Waals surface area contributed by atoms with Crippen molar-refractivity contribution in [3.8, 4) is 0 Å². The van der Waals surface area contributed by atoms with E-state index in [2.05, 4.69) is 17.0 Å². The first-order chi connectivity index (χ1) is 12.1. The number of amides is 1. The van der Waals surface area contributed by atoms with E-state index < -0.39 is 0 Å². The molecule has 2 atom stereocenters. The van der Waals surface area contributed by atoms with Crippen LogP contribution in [0.3, 0.4) is 0 Å². The van der Waals surface area contributed by atoms with Crippen molar-refractivity contribution in [2.24, 2.45) is 4.99 Å². The van der Waals surface area contributed by atoms with Gasteiger partial charge in [-0.3, -0.25) is 14.6 Å². The molecule has 6 nitrogen and oxygen atoms in total. The Labute approximate surface area is 146 Å². The third-order valence-corrected chi connectivity index (χ3v) is 5.63. The van der Waals surface area contributed by atoms with Crippen LogP contribution in [0.5, 0.6) is 0 Å². The highest BCUT2D eigenvalue weighted by Gasteiger charge is 2.48. The van der Waals surface area contributed by atoms with Crippen molar-refractivity contribution in [3.05, 3.63) is 47.4 Å². The molecule has 1 aromatic carbocycles. The van der Waals surface area contributed by atoms with Crippen molar-refractivity contribution in [2.75, 3.05) is 11.9 Å². The summed E-state index contributed by atoms with van der Waals surface area (Å²) in [5.74, 6) is 2.43. The third-order valence-electron chi connectivity index (χ3n) is 5.63. The van der Waals surface area contributed by atoms with Gasteiger partial charge in [-0.05, 0) is 31.7 Å². The normalized spacial score (nSPS) is 24.2. The van der Waals surface area contributed by atoms with E-state index in [0.717, 1.165) is 30.4 Å². The number of aliphatic imine (C=N–C) groups is 1. The quantitative estimate of drug-likeness (QED) is 0.847. The number of nitrogens with zero attached hydrogens (tertiary/aromatic N) is 5. The summed E-state index contributed by atoms with van der Waals surface area (Å²) in [4.78, 5) is 26.6. The summed E-state index contributed by atoms with van der Waals surface area (Å²) in [5.41, 5.74) is 1.86. The fourth-order valence-corrected chi connectivity index (χ4v) is 4.37. The maximum absolute atomic E-state index is 13.1. The van der Waals surface area contributed by atoms with Crippen molar-refractivity contribution in [3.63, 3.8) is 0 Å². The lowest BCUT2D eigenvalue weighted by Gasteiger charge is -2.34. The number of rotatable bonds is 2. The molecule has 0 spiro atoms. The Kier molecular flexibility index (Phi) is 3.04. The molecule has 2 aromatic rings. The Bertz CT molecular complexity index is 885. The standard InChI is InChI=1S/C19H21N5O/c1-12-20-17-16(23(12)11-13-7-4-3-5-8-13)18(25)22(2)19-21-14-9-6-10-15(14)24(17)19/h3-5,7-8,14-15H,6,9-11H2,1-2H3/t14-,15+/m0/s1. The van der Waals surface area contributed by atoms with E-state index in [1.165, 1.54) is 12.0 Å². The molecule has 0 saturated heterocycles. The number of carbonyl (C=O) groups excluding carboxylic acids is 1. The molecule has 25 heavy (non-hydrogen) atoms. The largest absolute Gasteiger partial charge is 0.318 e. The first-order valence-electron chi connectivity index (χ1n) is 8.91. The highest BCUT2D eigenvalue weighted by Crippen LogP contribution is 2.40. The number of hydrogen-bond donors (Lipinski definition) is 0. The Hall–Kier alpha value is -2.63. The topological polar surface area (TPSA) is 53.7 Å². The van der Waals surface area contributed by atoms with E-state index in [0.29, 0.717) is 24.3 Å². The lowest BCUT2D eigenvalue weighted by Crippen LogP contribution is -2.51. The van der Waals surface area contributed by atoms with E-state index in [4.69, 9.17) is 9.98 Å². The predicted octanol–water partition coefficient (Wildman–Crippen LogP) is 2.42. The molecular weight excluding hydrogens is 314 g/mol. The zero-order valence-electron chi connectivity index (χ0n) is 14.5. The van der Waals surface area contributed by atoms with Crippen molar-refractivity contribution in [1.29, 1.82) is 0 Å². The van der Waals surface area contributed by atoms with Crippen LogP contribution in [-0.4, -0.2) is 45.4 Å². The van der Waals surface area contributed by atoms with Crippen LogP contribution in [0.1, 0.15) is 41.1 Å². The molecule has 0 unspecified atom stereocenters. The molecule has 1 aliphatic carbocycles. The van der Waals surface area contributed by atoms with Crippen LogP contribution in [0.15, 0.2) is 35.3 Å². The van der Waals surface area contributed by atoms with Gasteiger partial charge in [0.1, 0.15) is 5.82 Å². The second kappa shape index (κ2) is 5.18. The molecule has 5 rings (SSSR count). The van der Waals surface area contributed by atoms with E-state index >= 15 is 0 Å². The zero-order valence-corrected chi connectivity index (χ0v) is 14.5. The minimum atomic E-state index is -0.0125. The Morgan fingerprint density at radius 2 is 2.00 bits per heavy atom. The molecule has 3 aliphatic rings. The highest BCUT2D eigenvalue weighted by atomic mass is 16.2. The number of anilines is 1. The van der Waals surface area contributed by atoms with Gasteiger partial charge in [-0.25, -0.2) is 9.98 Å². The molecule has 0 N–H and O–H groups in total. The minimum Gasteiger partial charge on any atom is -0.318 e. The Balaban J connectivity index is 1.63. The monoisotopic (exact) mass is 335 g/mol. The predicted molar refractivity (Wildman–Crippen MR) is 95.9 cm³/mol. The van der Waals surface area contributed by atoms with Gasteiger partial charge in [0.15, 0.2) is 11.5 Å². The summed E-state index contributed by atoms with van der Waals surface area (Å²) < 4.78 is 2.04.